The molecule has 4 heteroatoms. The van der Waals surface area contributed by atoms with Crippen molar-refractivity contribution in [1.29, 1.82) is 0 Å². The lowest BCUT2D eigenvalue weighted by atomic mass is 9.85. The van der Waals surface area contributed by atoms with E-state index in [0.717, 1.165) is 96.1 Å². The molecule has 1 aliphatic rings. The molecule has 0 fully saturated rings. The summed E-state index contributed by atoms with van der Waals surface area (Å²) in [5, 5.41) is 11.5. The summed E-state index contributed by atoms with van der Waals surface area (Å²) < 4.78 is 14.2. The van der Waals surface area contributed by atoms with Crippen molar-refractivity contribution >= 4 is 82.9 Å². The average molecular weight is 827 g/mol. The third kappa shape index (κ3) is 6.28. The Kier molecular flexibility index (Phi) is 8.84. The number of benzene rings is 9. The van der Waals surface area contributed by atoms with E-state index in [4.69, 9.17) is 8.83 Å². The van der Waals surface area contributed by atoms with Gasteiger partial charge in [-0.15, -0.1) is 0 Å². The summed E-state index contributed by atoms with van der Waals surface area (Å²) in [6.45, 7) is 6.80. The molecule has 9 aromatic carbocycles. The highest BCUT2D eigenvalue weighted by molar-refractivity contribution is 6.27. The fraction of sp³-hybridized carbons (Fsp3) is 0.100. The van der Waals surface area contributed by atoms with Gasteiger partial charge in [-0.25, -0.2) is 0 Å². The molecular formula is C60H46N2O2. The second-order valence-corrected chi connectivity index (χ2v) is 18.0. The molecule has 11 aromatic rings. The zero-order valence-electron chi connectivity index (χ0n) is 36.2. The van der Waals surface area contributed by atoms with E-state index in [1.54, 1.807) is 0 Å². The van der Waals surface area contributed by atoms with Crippen LogP contribution < -0.4 is 10.2 Å². The third-order valence-corrected chi connectivity index (χ3v) is 13.0. The predicted octanol–water partition coefficient (Wildman–Crippen LogP) is 17.1. The first-order valence-electron chi connectivity index (χ1n) is 22.3. The van der Waals surface area contributed by atoms with Gasteiger partial charge in [-0.3, -0.25) is 0 Å². The number of fused-ring (bicyclic) bond motifs is 10. The van der Waals surface area contributed by atoms with E-state index in [-0.39, 0.29) is 5.41 Å². The summed E-state index contributed by atoms with van der Waals surface area (Å²) in [4.78, 5) is 2.43. The van der Waals surface area contributed by atoms with Gasteiger partial charge >= 0.3 is 0 Å². The van der Waals surface area contributed by atoms with Gasteiger partial charge in [-0.1, -0.05) is 179 Å². The van der Waals surface area contributed by atoms with Gasteiger partial charge in [0.25, 0.3) is 0 Å². The molecule has 0 unspecified atom stereocenters. The molecule has 0 spiro atoms. The summed E-state index contributed by atoms with van der Waals surface area (Å²) in [7, 11) is 0. The minimum atomic E-state index is -0.0779. The minimum absolute atomic E-state index is 0.0779. The van der Waals surface area contributed by atoms with Crippen LogP contribution in [0.15, 0.2) is 203 Å². The van der Waals surface area contributed by atoms with E-state index in [1.165, 1.54) is 38.8 Å². The Morgan fingerprint density at radius 3 is 1.78 bits per heavy atom. The molecule has 12 rings (SSSR count). The fourth-order valence-electron chi connectivity index (χ4n) is 9.96. The van der Waals surface area contributed by atoms with Crippen LogP contribution in [-0.2, 0) is 11.8 Å². The molecule has 0 amide bonds. The van der Waals surface area contributed by atoms with Gasteiger partial charge in [0.1, 0.15) is 16.7 Å². The van der Waals surface area contributed by atoms with E-state index in [1.807, 2.05) is 0 Å². The average Bonchev–Trinajstić information content (AvgIpc) is 3.92. The zero-order chi connectivity index (χ0) is 42.9. The molecule has 2 heterocycles. The molecule has 0 aliphatic heterocycles. The molecule has 2 aromatic heterocycles. The van der Waals surface area contributed by atoms with Crippen LogP contribution in [0.2, 0.25) is 0 Å². The number of furan rings is 2. The Labute approximate surface area is 372 Å². The first-order valence-corrected chi connectivity index (χ1v) is 22.3. The van der Waals surface area contributed by atoms with Crippen molar-refractivity contribution < 1.29 is 8.83 Å². The first kappa shape index (κ1) is 37.9. The van der Waals surface area contributed by atoms with E-state index >= 15 is 0 Å². The highest BCUT2D eigenvalue weighted by atomic mass is 16.3. The number of nitrogens with one attached hydrogen (secondary N) is 1. The summed E-state index contributed by atoms with van der Waals surface area (Å²) >= 11 is 0. The number of hydrogen-bond acceptors (Lipinski definition) is 4. The number of nitrogens with zero attached hydrogens (tertiary/aromatic N) is 1. The van der Waals surface area contributed by atoms with Crippen molar-refractivity contribution in [2.45, 2.75) is 39.0 Å². The fourth-order valence-corrected chi connectivity index (χ4v) is 9.96. The molecule has 308 valence electrons. The van der Waals surface area contributed by atoms with Gasteiger partial charge < -0.3 is 19.1 Å². The van der Waals surface area contributed by atoms with E-state index < -0.39 is 0 Å². The van der Waals surface area contributed by atoms with Crippen LogP contribution in [0.3, 0.4) is 0 Å². The summed E-state index contributed by atoms with van der Waals surface area (Å²) in [6, 6.07) is 67.3. The van der Waals surface area contributed by atoms with Crippen molar-refractivity contribution in [3.05, 3.63) is 211 Å². The van der Waals surface area contributed by atoms with Gasteiger partial charge in [0.15, 0.2) is 5.76 Å². The molecule has 4 nitrogen and oxygen atoms in total. The summed E-state index contributed by atoms with van der Waals surface area (Å²) in [5.74, 6) is 0.935. The van der Waals surface area contributed by atoms with Crippen LogP contribution in [0.5, 0.6) is 0 Å². The SMILES string of the molecule is CC(C)(C)c1cccc2c3c(oc12)C(N(c1ccc(-c2ccccc2)cc1)c1cc2c(oc4cc(Nc5ccc(-c6ccccc6)cc5)c5ccccc5c42)c2ccccc12)=CCC3. The quantitative estimate of drug-likeness (QED) is 0.174. The summed E-state index contributed by atoms with van der Waals surface area (Å²) in [6.07, 6.45) is 4.20. The van der Waals surface area contributed by atoms with Crippen LogP contribution in [0, 0.1) is 0 Å². The molecule has 1 aliphatic carbocycles. The molecule has 1 N–H and O–H groups in total. The van der Waals surface area contributed by atoms with Gasteiger partial charge in [-0.05, 0) is 76.2 Å². The number of anilines is 4. The Hall–Kier alpha value is -7.82. The molecular weight excluding hydrogens is 781 g/mol. The maximum Gasteiger partial charge on any atom is 0.155 e. The smallest absolute Gasteiger partial charge is 0.155 e. The van der Waals surface area contributed by atoms with Crippen LogP contribution in [0.25, 0.3) is 82.4 Å². The zero-order valence-corrected chi connectivity index (χ0v) is 36.2. The minimum Gasteiger partial charge on any atom is -0.455 e. The van der Waals surface area contributed by atoms with Gasteiger partial charge in [-0.2, -0.15) is 0 Å². The van der Waals surface area contributed by atoms with Crippen molar-refractivity contribution in [3.8, 4) is 22.3 Å². The standard InChI is InChI=1S/C60H46N2O2/c1-60(2,3)51-26-14-24-48-49-25-15-27-53(59(49)64-58(48)51)62(43-34-30-41(31-35-43)39-18-8-5-9-19-39)54-36-50-56-46-22-12-10-20-44(46)52(37-55(56)63-57(50)47-23-13-11-21-45(47)54)61-42-32-28-40(29-33-42)38-16-6-4-7-17-38/h4-14,16-24,26-37,61H,15,25H2,1-3H3. The highest BCUT2D eigenvalue weighted by Crippen LogP contribution is 2.49. The van der Waals surface area contributed by atoms with Gasteiger partial charge in [0.2, 0.25) is 0 Å². The lowest BCUT2D eigenvalue weighted by molar-refractivity contribution is 0.548. The van der Waals surface area contributed by atoms with Gasteiger partial charge in [0.05, 0.1) is 17.1 Å². The molecule has 0 saturated carbocycles. The Morgan fingerprint density at radius 1 is 0.500 bits per heavy atom. The number of allylic oxidation sites excluding steroid dienone is 1. The molecule has 0 bridgehead atoms. The Balaban J connectivity index is 1.07. The number of rotatable bonds is 7. The second kappa shape index (κ2) is 14.9. The van der Waals surface area contributed by atoms with E-state index in [2.05, 4.69) is 225 Å². The maximum absolute atomic E-state index is 7.15. The second-order valence-electron chi connectivity index (χ2n) is 18.0. The van der Waals surface area contributed by atoms with Crippen molar-refractivity contribution in [2.75, 3.05) is 10.2 Å². The maximum atomic E-state index is 7.15. The normalized spacial score (nSPS) is 12.9. The van der Waals surface area contributed by atoms with Crippen LogP contribution in [0.4, 0.5) is 22.7 Å². The largest absolute Gasteiger partial charge is 0.455 e. The van der Waals surface area contributed by atoms with Crippen LogP contribution >= 0.6 is 0 Å². The first-order chi connectivity index (χ1) is 31.4. The monoisotopic (exact) mass is 826 g/mol. The van der Waals surface area contributed by atoms with Crippen molar-refractivity contribution in [2.24, 2.45) is 0 Å². The Morgan fingerprint density at radius 2 is 1.09 bits per heavy atom. The number of hydrogen-bond donors (Lipinski definition) is 1. The van der Waals surface area contributed by atoms with Crippen LogP contribution in [0.1, 0.15) is 44.1 Å². The molecule has 0 saturated heterocycles. The van der Waals surface area contributed by atoms with Crippen molar-refractivity contribution in [1.82, 2.24) is 0 Å². The Bertz CT molecular complexity index is 3590. The predicted molar refractivity (Wildman–Crippen MR) is 269 cm³/mol. The third-order valence-electron chi connectivity index (χ3n) is 13.0. The lowest BCUT2D eigenvalue weighted by Gasteiger charge is -2.30. The molecule has 0 atom stereocenters. The van der Waals surface area contributed by atoms with Gasteiger partial charge in [0, 0.05) is 60.9 Å². The summed E-state index contributed by atoms with van der Waals surface area (Å²) in [5.41, 5.74) is 15.0. The van der Waals surface area contributed by atoms with Crippen LogP contribution in [-0.4, -0.2) is 0 Å². The topological polar surface area (TPSA) is 41.6 Å². The van der Waals surface area contributed by atoms with E-state index in [9.17, 15) is 0 Å². The number of para-hydroxylation sites is 1. The number of aryl methyl sites for hydroxylation is 1. The molecule has 64 heavy (non-hydrogen) atoms. The molecule has 0 radical (unpaired) electrons. The van der Waals surface area contributed by atoms with E-state index in [0.29, 0.717) is 0 Å². The van der Waals surface area contributed by atoms with Crippen molar-refractivity contribution in [3.63, 3.8) is 0 Å². The highest BCUT2D eigenvalue weighted by Gasteiger charge is 2.31. The lowest BCUT2D eigenvalue weighted by Crippen LogP contribution is -2.18.